The maximum Gasteiger partial charge on any atom is 0.290 e. The van der Waals surface area contributed by atoms with Gasteiger partial charge in [-0.05, 0) is 28.7 Å². The van der Waals surface area contributed by atoms with E-state index in [9.17, 15) is 18.5 Å². The Kier molecular flexibility index (Phi) is 3.80. The van der Waals surface area contributed by atoms with Crippen molar-refractivity contribution in [3.8, 4) is 0 Å². The molecule has 0 bridgehead atoms. The molecule has 82 valence electrons. The van der Waals surface area contributed by atoms with Gasteiger partial charge in [0.2, 0.25) is 0 Å². The summed E-state index contributed by atoms with van der Waals surface area (Å²) >= 11 is 7.29. The molecular formula is C6H2Cl2INO4S. The molecule has 0 aliphatic carbocycles. The molecule has 0 spiro atoms. The summed E-state index contributed by atoms with van der Waals surface area (Å²) in [5.41, 5.74) is -0.484. The third kappa shape index (κ3) is 2.92. The van der Waals surface area contributed by atoms with E-state index in [-0.39, 0.29) is 0 Å². The van der Waals surface area contributed by atoms with Gasteiger partial charge in [0.15, 0.2) is 0 Å². The normalized spacial score (nSPS) is 11.4. The van der Waals surface area contributed by atoms with E-state index in [4.69, 9.17) is 22.3 Å². The zero-order valence-corrected chi connectivity index (χ0v) is 11.3. The van der Waals surface area contributed by atoms with Gasteiger partial charge in [-0.3, -0.25) is 10.1 Å². The average molecular weight is 382 g/mol. The second-order valence-electron chi connectivity index (χ2n) is 2.43. The summed E-state index contributed by atoms with van der Waals surface area (Å²) in [6.45, 7) is 0. The van der Waals surface area contributed by atoms with Gasteiger partial charge in [0.05, 0.1) is 4.92 Å². The summed E-state index contributed by atoms with van der Waals surface area (Å²) in [6.07, 6.45) is 0. The average Bonchev–Trinajstić information content (AvgIpc) is 2.06. The molecule has 0 N–H and O–H groups in total. The van der Waals surface area contributed by atoms with Crippen LogP contribution in [0.3, 0.4) is 0 Å². The van der Waals surface area contributed by atoms with Crippen LogP contribution in [0.5, 0.6) is 0 Å². The highest BCUT2D eigenvalue weighted by molar-refractivity contribution is 14.1. The second-order valence-corrected chi connectivity index (χ2v) is 6.59. The summed E-state index contributed by atoms with van der Waals surface area (Å²) in [4.78, 5) is 9.31. The third-order valence-corrected chi connectivity index (χ3v) is 3.92. The van der Waals surface area contributed by atoms with Gasteiger partial charge in [0.25, 0.3) is 14.7 Å². The largest absolute Gasteiger partial charge is 0.290 e. The first kappa shape index (κ1) is 12.9. The molecule has 9 heteroatoms. The van der Waals surface area contributed by atoms with Crippen molar-refractivity contribution in [3.05, 3.63) is 30.8 Å². The molecule has 0 saturated carbocycles. The van der Waals surface area contributed by atoms with E-state index < -0.39 is 29.6 Å². The molecule has 1 aromatic carbocycles. The molecular weight excluding hydrogens is 380 g/mol. The Morgan fingerprint density at radius 1 is 1.40 bits per heavy atom. The Hall–Kier alpha value is -0.120. The molecule has 0 atom stereocenters. The fraction of sp³-hybridized carbons (Fsp3) is 0. The number of benzene rings is 1. The summed E-state index contributed by atoms with van der Waals surface area (Å²) in [5, 5.41) is 10.1. The maximum atomic E-state index is 11.0. The van der Waals surface area contributed by atoms with Gasteiger partial charge in [0.1, 0.15) is 9.92 Å². The van der Waals surface area contributed by atoms with Crippen molar-refractivity contribution in [3.63, 3.8) is 0 Å². The molecule has 0 radical (unpaired) electrons. The minimum absolute atomic E-state index is 0.364. The van der Waals surface area contributed by atoms with E-state index in [2.05, 4.69) is 0 Å². The summed E-state index contributed by atoms with van der Waals surface area (Å²) in [7, 11) is 0.993. The molecule has 0 amide bonds. The van der Waals surface area contributed by atoms with Gasteiger partial charge in [-0.2, -0.15) is 0 Å². The van der Waals surface area contributed by atoms with E-state index in [1.54, 1.807) is 22.6 Å². The van der Waals surface area contributed by atoms with E-state index in [0.717, 1.165) is 12.1 Å². The Morgan fingerprint density at radius 3 is 2.33 bits per heavy atom. The van der Waals surface area contributed by atoms with Crippen LogP contribution in [-0.4, -0.2) is 13.3 Å². The van der Waals surface area contributed by atoms with Crippen molar-refractivity contribution >= 4 is 59.6 Å². The second kappa shape index (κ2) is 4.40. The lowest BCUT2D eigenvalue weighted by atomic mass is 10.3. The molecule has 0 heterocycles. The Labute approximate surface area is 108 Å². The number of halogens is 3. The fourth-order valence-electron chi connectivity index (χ4n) is 0.861. The van der Waals surface area contributed by atoms with Crippen molar-refractivity contribution in [2.45, 2.75) is 4.90 Å². The number of hydrogen-bond donors (Lipinski definition) is 0. The molecule has 5 nitrogen and oxygen atoms in total. The van der Waals surface area contributed by atoms with Crippen molar-refractivity contribution in [2.24, 2.45) is 0 Å². The van der Waals surface area contributed by atoms with Crippen LogP contribution in [0.15, 0.2) is 17.0 Å². The van der Waals surface area contributed by atoms with E-state index >= 15 is 0 Å². The first-order chi connectivity index (χ1) is 6.73. The molecule has 0 aliphatic rings. The van der Waals surface area contributed by atoms with Gasteiger partial charge in [0, 0.05) is 20.3 Å². The van der Waals surface area contributed by atoms with Crippen LogP contribution < -0.4 is 0 Å². The lowest BCUT2D eigenvalue weighted by molar-refractivity contribution is -0.385. The van der Waals surface area contributed by atoms with Gasteiger partial charge in [-0.25, -0.2) is 8.42 Å². The number of nitro groups is 1. The number of hydrogen-bond acceptors (Lipinski definition) is 4. The van der Waals surface area contributed by atoms with Gasteiger partial charge >= 0.3 is 0 Å². The van der Waals surface area contributed by atoms with Crippen LogP contribution in [0, 0.1) is 13.7 Å². The van der Waals surface area contributed by atoms with Crippen molar-refractivity contribution in [1.29, 1.82) is 0 Å². The standard InChI is InChI=1S/C6H2Cl2INO4S/c7-6-4(10(11)12)1-3(9)2-5(6)15(8,13)14/h1-2H. The first-order valence-corrected chi connectivity index (χ1v) is 7.08. The van der Waals surface area contributed by atoms with Crippen LogP contribution in [0.2, 0.25) is 5.02 Å². The molecule has 0 aliphatic heterocycles. The monoisotopic (exact) mass is 381 g/mol. The van der Waals surface area contributed by atoms with Crippen LogP contribution in [0.4, 0.5) is 5.69 Å². The van der Waals surface area contributed by atoms with Crippen molar-refractivity contribution < 1.29 is 13.3 Å². The Bertz CT molecular complexity index is 530. The zero-order chi connectivity index (χ0) is 11.8. The number of rotatable bonds is 2. The highest BCUT2D eigenvalue weighted by Crippen LogP contribution is 2.34. The van der Waals surface area contributed by atoms with E-state index in [1.165, 1.54) is 0 Å². The number of nitrogens with zero attached hydrogens (tertiary/aromatic N) is 1. The van der Waals surface area contributed by atoms with Crippen molar-refractivity contribution in [1.82, 2.24) is 0 Å². The van der Waals surface area contributed by atoms with Crippen LogP contribution in [-0.2, 0) is 9.05 Å². The summed E-state index contributed by atoms with van der Waals surface area (Å²) in [5.74, 6) is 0. The van der Waals surface area contributed by atoms with Gasteiger partial charge in [-0.15, -0.1) is 0 Å². The Morgan fingerprint density at radius 2 is 1.93 bits per heavy atom. The quantitative estimate of drug-likeness (QED) is 0.341. The Balaban J connectivity index is 3.63. The predicted octanol–water partition coefficient (Wildman–Crippen LogP) is 2.78. The zero-order valence-electron chi connectivity index (χ0n) is 6.78. The van der Waals surface area contributed by atoms with Crippen LogP contribution in [0.25, 0.3) is 0 Å². The molecule has 1 aromatic rings. The lowest BCUT2D eigenvalue weighted by Gasteiger charge is -2.01. The number of nitro benzene ring substituents is 1. The molecule has 15 heavy (non-hydrogen) atoms. The molecule has 0 unspecified atom stereocenters. The highest BCUT2D eigenvalue weighted by Gasteiger charge is 2.24. The van der Waals surface area contributed by atoms with Gasteiger partial charge < -0.3 is 0 Å². The topological polar surface area (TPSA) is 77.3 Å². The lowest BCUT2D eigenvalue weighted by Crippen LogP contribution is -1.98. The minimum Gasteiger partial charge on any atom is -0.258 e. The summed E-state index contributed by atoms with van der Waals surface area (Å²) < 4.78 is 22.4. The molecule has 0 aromatic heterocycles. The molecule has 1 rings (SSSR count). The smallest absolute Gasteiger partial charge is 0.258 e. The third-order valence-electron chi connectivity index (χ3n) is 1.44. The highest BCUT2D eigenvalue weighted by atomic mass is 127. The van der Waals surface area contributed by atoms with E-state index in [1.807, 2.05) is 0 Å². The molecule has 0 saturated heterocycles. The van der Waals surface area contributed by atoms with E-state index in [0.29, 0.717) is 3.57 Å². The van der Waals surface area contributed by atoms with Gasteiger partial charge in [-0.1, -0.05) is 11.6 Å². The maximum absolute atomic E-state index is 11.0. The summed E-state index contributed by atoms with van der Waals surface area (Å²) in [6, 6.07) is 2.33. The van der Waals surface area contributed by atoms with Crippen molar-refractivity contribution in [2.75, 3.05) is 0 Å². The van der Waals surface area contributed by atoms with Crippen LogP contribution >= 0.6 is 44.9 Å². The first-order valence-electron chi connectivity index (χ1n) is 3.31. The van der Waals surface area contributed by atoms with Crippen LogP contribution in [0.1, 0.15) is 0 Å². The minimum atomic E-state index is -4.08. The SMILES string of the molecule is O=[N+]([O-])c1cc(I)cc(S(=O)(=O)Cl)c1Cl. The predicted molar refractivity (Wildman–Crippen MR) is 63.9 cm³/mol. The molecule has 0 fully saturated rings. The fourth-order valence-corrected chi connectivity index (χ4v) is 3.23.